The highest BCUT2D eigenvalue weighted by Gasteiger charge is 2.23. The van der Waals surface area contributed by atoms with Crippen LogP contribution in [0, 0.1) is 6.92 Å². The van der Waals surface area contributed by atoms with Crippen LogP contribution in [0.25, 0.3) is 22.5 Å². The van der Waals surface area contributed by atoms with Gasteiger partial charge in [-0.25, -0.2) is 4.98 Å². The molecule has 0 atom stereocenters. The SMILES string of the molecule is Cc1onc(-c2ccccc2Cl)c1C(=O)Nc1nc(-c2ccccc2)cs1. The number of anilines is 1. The van der Waals surface area contributed by atoms with E-state index in [1.54, 1.807) is 19.1 Å². The van der Waals surface area contributed by atoms with Crippen molar-refractivity contribution in [3.63, 3.8) is 0 Å². The molecule has 134 valence electrons. The normalized spacial score (nSPS) is 10.7. The van der Waals surface area contributed by atoms with Gasteiger partial charge in [0.15, 0.2) is 5.13 Å². The quantitative estimate of drug-likeness (QED) is 0.482. The maximum Gasteiger partial charge on any atom is 0.263 e. The highest BCUT2D eigenvalue weighted by molar-refractivity contribution is 7.14. The van der Waals surface area contributed by atoms with Crippen LogP contribution in [0.5, 0.6) is 0 Å². The standard InChI is InChI=1S/C20H14ClN3O2S/c1-12-17(18(24-26-12)14-9-5-6-10-15(14)21)19(25)23-20-22-16(11-27-20)13-7-3-2-4-8-13/h2-11H,1H3,(H,22,23,25). The Bertz CT molecular complexity index is 1110. The Morgan fingerprint density at radius 1 is 1.11 bits per heavy atom. The highest BCUT2D eigenvalue weighted by atomic mass is 35.5. The summed E-state index contributed by atoms with van der Waals surface area (Å²) in [7, 11) is 0. The van der Waals surface area contributed by atoms with Gasteiger partial charge in [0.1, 0.15) is 17.0 Å². The van der Waals surface area contributed by atoms with Crippen LogP contribution >= 0.6 is 22.9 Å². The number of nitrogens with zero attached hydrogens (tertiary/aromatic N) is 2. The lowest BCUT2D eigenvalue weighted by Crippen LogP contribution is -2.13. The summed E-state index contributed by atoms with van der Waals surface area (Å²) in [6.45, 7) is 1.69. The Morgan fingerprint density at radius 2 is 1.85 bits per heavy atom. The second-order valence-electron chi connectivity index (χ2n) is 5.80. The fraction of sp³-hybridized carbons (Fsp3) is 0.0500. The molecular weight excluding hydrogens is 382 g/mol. The molecular formula is C20H14ClN3O2S. The number of carbonyl (C=O) groups excluding carboxylic acids is 1. The number of hydrogen-bond acceptors (Lipinski definition) is 5. The van der Waals surface area contributed by atoms with E-state index in [1.165, 1.54) is 11.3 Å². The van der Waals surface area contributed by atoms with Gasteiger partial charge in [-0.15, -0.1) is 11.3 Å². The molecule has 1 N–H and O–H groups in total. The first-order valence-electron chi connectivity index (χ1n) is 8.17. The van der Waals surface area contributed by atoms with Crippen LogP contribution in [0.4, 0.5) is 5.13 Å². The number of carbonyl (C=O) groups is 1. The minimum Gasteiger partial charge on any atom is -0.360 e. The maximum atomic E-state index is 12.9. The van der Waals surface area contributed by atoms with E-state index in [2.05, 4.69) is 15.5 Å². The number of thiazole rings is 1. The number of aryl methyl sites for hydroxylation is 1. The maximum absolute atomic E-state index is 12.9. The summed E-state index contributed by atoms with van der Waals surface area (Å²) in [6, 6.07) is 17.0. The van der Waals surface area contributed by atoms with Crippen LogP contribution in [0.2, 0.25) is 5.02 Å². The zero-order valence-electron chi connectivity index (χ0n) is 14.3. The predicted octanol–water partition coefficient (Wildman–Crippen LogP) is 5.68. The second kappa shape index (κ2) is 7.34. The smallest absolute Gasteiger partial charge is 0.263 e. The number of hydrogen-bond donors (Lipinski definition) is 1. The van der Waals surface area contributed by atoms with Crippen molar-refractivity contribution in [1.82, 2.24) is 10.1 Å². The largest absolute Gasteiger partial charge is 0.360 e. The molecule has 1 amide bonds. The Kier molecular flexibility index (Phi) is 4.75. The summed E-state index contributed by atoms with van der Waals surface area (Å²) in [6.07, 6.45) is 0. The third-order valence-corrected chi connectivity index (χ3v) is 5.10. The Labute approximate surface area is 164 Å². The van der Waals surface area contributed by atoms with Gasteiger partial charge < -0.3 is 4.52 Å². The number of benzene rings is 2. The number of amides is 1. The topological polar surface area (TPSA) is 68.0 Å². The van der Waals surface area contributed by atoms with Crippen molar-refractivity contribution in [2.45, 2.75) is 6.92 Å². The first-order chi connectivity index (χ1) is 13.1. The number of nitrogens with one attached hydrogen (secondary N) is 1. The van der Waals surface area contributed by atoms with Crippen LogP contribution in [0.3, 0.4) is 0 Å². The third kappa shape index (κ3) is 3.49. The molecule has 0 radical (unpaired) electrons. The average Bonchev–Trinajstić information content (AvgIpc) is 3.29. The molecule has 4 aromatic rings. The van der Waals surface area contributed by atoms with E-state index in [0.29, 0.717) is 32.7 Å². The average molecular weight is 396 g/mol. The molecule has 0 spiro atoms. The zero-order valence-corrected chi connectivity index (χ0v) is 15.8. The molecule has 0 saturated carbocycles. The molecule has 4 rings (SSSR count). The third-order valence-electron chi connectivity index (χ3n) is 4.01. The van der Waals surface area contributed by atoms with Crippen molar-refractivity contribution in [3.05, 3.63) is 76.3 Å². The first-order valence-corrected chi connectivity index (χ1v) is 9.42. The van der Waals surface area contributed by atoms with E-state index in [1.807, 2.05) is 47.8 Å². The molecule has 0 saturated heterocycles. The molecule has 0 unspecified atom stereocenters. The van der Waals surface area contributed by atoms with Crippen LogP contribution in [0.1, 0.15) is 16.1 Å². The van der Waals surface area contributed by atoms with E-state index < -0.39 is 0 Å². The van der Waals surface area contributed by atoms with E-state index in [9.17, 15) is 4.79 Å². The van der Waals surface area contributed by atoms with Gasteiger partial charge in [-0.1, -0.05) is 65.3 Å². The van der Waals surface area contributed by atoms with Crippen molar-refractivity contribution in [2.75, 3.05) is 5.32 Å². The summed E-state index contributed by atoms with van der Waals surface area (Å²) < 4.78 is 5.25. The zero-order chi connectivity index (χ0) is 18.8. The highest BCUT2D eigenvalue weighted by Crippen LogP contribution is 2.32. The molecule has 0 bridgehead atoms. The van der Waals surface area contributed by atoms with Gasteiger partial charge in [-0.05, 0) is 13.0 Å². The summed E-state index contributed by atoms with van der Waals surface area (Å²) in [5.41, 5.74) is 3.21. The van der Waals surface area contributed by atoms with Crippen molar-refractivity contribution >= 4 is 34.0 Å². The summed E-state index contributed by atoms with van der Waals surface area (Å²) in [4.78, 5) is 17.3. The monoisotopic (exact) mass is 395 g/mol. The van der Waals surface area contributed by atoms with Gasteiger partial charge in [0, 0.05) is 16.5 Å². The molecule has 7 heteroatoms. The Morgan fingerprint density at radius 3 is 2.63 bits per heavy atom. The molecule has 0 aliphatic rings. The van der Waals surface area contributed by atoms with E-state index >= 15 is 0 Å². The van der Waals surface area contributed by atoms with Crippen molar-refractivity contribution < 1.29 is 9.32 Å². The molecule has 2 aromatic carbocycles. The van der Waals surface area contributed by atoms with Gasteiger partial charge in [0.2, 0.25) is 0 Å². The summed E-state index contributed by atoms with van der Waals surface area (Å²) in [5, 5.41) is 9.76. The molecule has 5 nitrogen and oxygen atoms in total. The summed E-state index contributed by atoms with van der Waals surface area (Å²) >= 11 is 7.61. The van der Waals surface area contributed by atoms with E-state index in [-0.39, 0.29) is 5.91 Å². The van der Waals surface area contributed by atoms with Gasteiger partial charge in [0.05, 0.1) is 10.7 Å². The minimum absolute atomic E-state index is 0.336. The van der Waals surface area contributed by atoms with Crippen molar-refractivity contribution in [1.29, 1.82) is 0 Å². The molecule has 2 heterocycles. The Balaban J connectivity index is 1.63. The van der Waals surface area contributed by atoms with Crippen LogP contribution < -0.4 is 5.32 Å². The van der Waals surface area contributed by atoms with E-state index in [4.69, 9.17) is 16.1 Å². The van der Waals surface area contributed by atoms with Crippen LogP contribution in [-0.2, 0) is 0 Å². The Hall–Kier alpha value is -2.96. The summed E-state index contributed by atoms with van der Waals surface area (Å²) in [5.74, 6) is 0.0832. The number of halogens is 1. The van der Waals surface area contributed by atoms with Crippen LogP contribution in [0.15, 0.2) is 64.5 Å². The van der Waals surface area contributed by atoms with E-state index in [0.717, 1.165) is 11.3 Å². The van der Waals surface area contributed by atoms with Gasteiger partial charge in [-0.2, -0.15) is 0 Å². The lowest BCUT2D eigenvalue weighted by Gasteiger charge is -2.04. The van der Waals surface area contributed by atoms with Gasteiger partial charge in [-0.3, -0.25) is 10.1 Å². The predicted molar refractivity (Wildman–Crippen MR) is 107 cm³/mol. The van der Waals surface area contributed by atoms with Gasteiger partial charge >= 0.3 is 0 Å². The first kappa shape index (κ1) is 17.5. The van der Waals surface area contributed by atoms with Crippen molar-refractivity contribution in [3.8, 4) is 22.5 Å². The number of aromatic nitrogens is 2. The lowest BCUT2D eigenvalue weighted by atomic mass is 10.1. The van der Waals surface area contributed by atoms with Crippen LogP contribution in [-0.4, -0.2) is 16.0 Å². The second-order valence-corrected chi connectivity index (χ2v) is 7.07. The fourth-order valence-electron chi connectivity index (χ4n) is 2.71. The molecule has 2 aromatic heterocycles. The fourth-order valence-corrected chi connectivity index (χ4v) is 3.65. The molecule has 27 heavy (non-hydrogen) atoms. The minimum atomic E-state index is -0.336. The lowest BCUT2D eigenvalue weighted by molar-refractivity contribution is 0.102. The number of rotatable bonds is 4. The molecule has 0 aliphatic carbocycles. The van der Waals surface area contributed by atoms with Crippen molar-refractivity contribution in [2.24, 2.45) is 0 Å². The molecule has 0 fully saturated rings. The van der Waals surface area contributed by atoms with Gasteiger partial charge in [0.25, 0.3) is 5.91 Å². The molecule has 0 aliphatic heterocycles.